The van der Waals surface area contributed by atoms with Crippen molar-refractivity contribution in [3.63, 3.8) is 0 Å². The van der Waals surface area contributed by atoms with Crippen LogP contribution >= 0.6 is 0 Å². The standard InChI is InChI=1S/C60H44N2/c61-59-57(53-39-21-16-34-48(53)44-29-11-4-12-30-44)55(51-37-19-14-32-46(51)42-25-7-2-8-26-42)56(52-38-20-15-33-47(52)43-27-9-3-10-28-43)58(60(59)62)54-40-22-18-36-50(54)49-35-17-13-31-45(49)41-23-5-1-6-24-41/h1-40H,61-62H2. The summed E-state index contributed by atoms with van der Waals surface area (Å²) in [6.07, 6.45) is 0. The molecule has 0 heterocycles. The van der Waals surface area contributed by atoms with Crippen LogP contribution in [0.3, 0.4) is 0 Å². The van der Waals surface area contributed by atoms with Gasteiger partial charge in [0.15, 0.2) is 0 Å². The van der Waals surface area contributed by atoms with Gasteiger partial charge in [0, 0.05) is 22.3 Å². The topological polar surface area (TPSA) is 52.0 Å². The van der Waals surface area contributed by atoms with Gasteiger partial charge in [-0.1, -0.05) is 243 Å². The van der Waals surface area contributed by atoms with Crippen LogP contribution in [0.15, 0.2) is 243 Å². The highest BCUT2D eigenvalue weighted by atomic mass is 14.7. The first-order valence-electron chi connectivity index (χ1n) is 21.1. The normalized spacial score (nSPS) is 11.0. The molecule has 294 valence electrons. The SMILES string of the molecule is Nc1c(N)c(-c2ccccc2-c2ccccc2-c2ccccc2)c(-c2ccccc2-c2ccccc2)c(-c2ccccc2-c2ccccc2)c1-c1ccccc1-c1ccccc1. The minimum absolute atomic E-state index is 0.534. The van der Waals surface area contributed by atoms with Crippen LogP contribution in [-0.4, -0.2) is 0 Å². The van der Waals surface area contributed by atoms with Crippen molar-refractivity contribution in [3.05, 3.63) is 243 Å². The Hall–Kier alpha value is -8.20. The number of nitrogens with two attached hydrogens (primary N) is 2. The number of anilines is 2. The molecule has 0 spiro atoms. The Morgan fingerprint density at radius 1 is 0.161 bits per heavy atom. The van der Waals surface area contributed by atoms with Crippen molar-refractivity contribution in [1.82, 2.24) is 0 Å². The van der Waals surface area contributed by atoms with Crippen LogP contribution in [0.5, 0.6) is 0 Å². The van der Waals surface area contributed by atoms with Gasteiger partial charge in [-0.2, -0.15) is 0 Å². The summed E-state index contributed by atoms with van der Waals surface area (Å²) in [6, 6.07) is 85.8. The van der Waals surface area contributed by atoms with Crippen LogP contribution in [-0.2, 0) is 0 Å². The third-order valence-corrected chi connectivity index (χ3v) is 11.9. The summed E-state index contributed by atoms with van der Waals surface area (Å²) in [7, 11) is 0. The molecule has 4 N–H and O–H groups in total. The van der Waals surface area contributed by atoms with Crippen molar-refractivity contribution in [2.75, 3.05) is 11.5 Å². The van der Waals surface area contributed by atoms with Gasteiger partial charge in [0.2, 0.25) is 0 Å². The summed E-state index contributed by atoms with van der Waals surface area (Å²) in [4.78, 5) is 0. The molecule has 10 aromatic rings. The van der Waals surface area contributed by atoms with Crippen molar-refractivity contribution in [1.29, 1.82) is 0 Å². The lowest BCUT2D eigenvalue weighted by Crippen LogP contribution is -2.07. The maximum Gasteiger partial charge on any atom is 0.0640 e. The molecule has 2 heteroatoms. The van der Waals surface area contributed by atoms with E-state index >= 15 is 0 Å². The van der Waals surface area contributed by atoms with Crippen molar-refractivity contribution >= 4 is 11.4 Å². The fourth-order valence-corrected chi connectivity index (χ4v) is 9.12. The number of rotatable bonds is 9. The highest BCUT2D eigenvalue weighted by molar-refractivity contribution is 6.17. The third kappa shape index (κ3) is 6.94. The first-order chi connectivity index (χ1) is 30.7. The van der Waals surface area contributed by atoms with E-state index in [-0.39, 0.29) is 0 Å². The van der Waals surface area contributed by atoms with E-state index in [0.29, 0.717) is 11.4 Å². The molecule has 0 aliphatic carbocycles. The Kier molecular flexibility index (Phi) is 10.3. The molecule has 62 heavy (non-hydrogen) atoms. The van der Waals surface area contributed by atoms with Gasteiger partial charge in [0.1, 0.15) is 0 Å². The molecule has 10 rings (SSSR count). The van der Waals surface area contributed by atoms with Crippen molar-refractivity contribution in [2.45, 2.75) is 0 Å². The van der Waals surface area contributed by atoms with Crippen molar-refractivity contribution < 1.29 is 0 Å². The molecule has 0 fully saturated rings. The summed E-state index contributed by atoms with van der Waals surface area (Å²) >= 11 is 0. The first-order valence-corrected chi connectivity index (χ1v) is 21.1. The summed E-state index contributed by atoms with van der Waals surface area (Å²) in [5.74, 6) is 0. The largest absolute Gasteiger partial charge is 0.397 e. The second-order valence-electron chi connectivity index (χ2n) is 15.5. The fourth-order valence-electron chi connectivity index (χ4n) is 9.12. The molecule has 0 aliphatic rings. The minimum atomic E-state index is 0.534. The Balaban J connectivity index is 1.42. The molecule has 0 amide bonds. The Morgan fingerprint density at radius 2 is 0.339 bits per heavy atom. The number of nitrogen functional groups attached to an aromatic ring is 2. The summed E-state index contributed by atoms with van der Waals surface area (Å²) < 4.78 is 0. The van der Waals surface area contributed by atoms with Crippen LogP contribution < -0.4 is 11.5 Å². The van der Waals surface area contributed by atoms with Gasteiger partial charge < -0.3 is 11.5 Å². The van der Waals surface area contributed by atoms with E-state index in [9.17, 15) is 0 Å². The Bertz CT molecular complexity index is 3170. The number of benzene rings is 10. The van der Waals surface area contributed by atoms with E-state index in [1.54, 1.807) is 0 Å². The average molecular weight is 793 g/mol. The average Bonchev–Trinajstić information content (AvgIpc) is 3.36. The smallest absolute Gasteiger partial charge is 0.0640 e. The first kappa shape index (κ1) is 38.0. The van der Waals surface area contributed by atoms with Gasteiger partial charge in [-0.25, -0.2) is 0 Å². The van der Waals surface area contributed by atoms with Crippen LogP contribution in [0, 0.1) is 0 Å². The molecule has 0 saturated heterocycles. The van der Waals surface area contributed by atoms with Crippen molar-refractivity contribution in [2.24, 2.45) is 0 Å². The molecule has 10 aromatic carbocycles. The van der Waals surface area contributed by atoms with Gasteiger partial charge in [-0.3, -0.25) is 0 Å². The van der Waals surface area contributed by atoms with Gasteiger partial charge in [-0.15, -0.1) is 0 Å². The molecule has 0 saturated carbocycles. The van der Waals surface area contributed by atoms with Crippen LogP contribution in [0.25, 0.3) is 100 Å². The molecule has 0 atom stereocenters. The predicted molar refractivity (Wildman–Crippen MR) is 264 cm³/mol. The van der Waals surface area contributed by atoms with Gasteiger partial charge in [-0.05, 0) is 77.9 Å². The van der Waals surface area contributed by atoms with E-state index in [4.69, 9.17) is 11.5 Å². The van der Waals surface area contributed by atoms with E-state index in [0.717, 1.165) is 100 Å². The van der Waals surface area contributed by atoms with Crippen LogP contribution in [0.1, 0.15) is 0 Å². The van der Waals surface area contributed by atoms with Crippen LogP contribution in [0.4, 0.5) is 11.4 Å². The van der Waals surface area contributed by atoms with E-state index in [2.05, 4.69) is 243 Å². The third-order valence-electron chi connectivity index (χ3n) is 11.9. The fraction of sp³-hybridized carbons (Fsp3) is 0. The van der Waals surface area contributed by atoms with Gasteiger partial charge in [0.25, 0.3) is 0 Å². The monoisotopic (exact) mass is 792 g/mol. The van der Waals surface area contributed by atoms with Gasteiger partial charge in [0.05, 0.1) is 11.4 Å². The lowest BCUT2D eigenvalue weighted by molar-refractivity contribution is 1.51. The molecular weight excluding hydrogens is 749 g/mol. The Morgan fingerprint density at radius 3 is 0.629 bits per heavy atom. The molecule has 0 aromatic heterocycles. The number of hydrogen-bond donors (Lipinski definition) is 2. The molecular formula is C60H44N2. The maximum absolute atomic E-state index is 7.74. The van der Waals surface area contributed by atoms with Crippen LogP contribution in [0.2, 0.25) is 0 Å². The van der Waals surface area contributed by atoms with E-state index in [1.807, 2.05) is 0 Å². The molecule has 2 nitrogen and oxygen atoms in total. The zero-order valence-corrected chi connectivity index (χ0v) is 34.2. The summed E-state index contributed by atoms with van der Waals surface area (Å²) in [6.45, 7) is 0. The zero-order valence-electron chi connectivity index (χ0n) is 34.2. The number of hydrogen-bond acceptors (Lipinski definition) is 2. The van der Waals surface area contributed by atoms with E-state index in [1.165, 1.54) is 0 Å². The quantitative estimate of drug-likeness (QED) is 0.143. The second kappa shape index (κ2) is 16.8. The van der Waals surface area contributed by atoms with Gasteiger partial charge >= 0.3 is 0 Å². The van der Waals surface area contributed by atoms with Crippen molar-refractivity contribution in [3.8, 4) is 100 Å². The second-order valence-corrected chi connectivity index (χ2v) is 15.5. The van der Waals surface area contributed by atoms with E-state index < -0.39 is 0 Å². The Labute approximate surface area is 364 Å². The lowest BCUT2D eigenvalue weighted by Gasteiger charge is -2.29. The predicted octanol–water partition coefficient (Wildman–Crippen LogP) is 15.9. The highest BCUT2D eigenvalue weighted by Crippen LogP contribution is 2.57. The molecule has 0 aliphatic heterocycles. The molecule has 0 radical (unpaired) electrons. The summed E-state index contributed by atoms with van der Waals surface area (Å²) in [5.41, 5.74) is 35.5. The summed E-state index contributed by atoms with van der Waals surface area (Å²) in [5, 5.41) is 0. The maximum atomic E-state index is 7.74. The lowest BCUT2D eigenvalue weighted by atomic mass is 9.75. The minimum Gasteiger partial charge on any atom is -0.397 e. The zero-order chi connectivity index (χ0) is 41.8. The highest BCUT2D eigenvalue weighted by Gasteiger charge is 2.30. The molecule has 0 bridgehead atoms. The molecule has 0 unspecified atom stereocenters.